The summed E-state index contributed by atoms with van der Waals surface area (Å²) < 4.78 is 11.0. The summed E-state index contributed by atoms with van der Waals surface area (Å²) in [5.41, 5.74) is 0. The monoisotopic (exact) mass is 279 g/mol. The lowest BCUT2D eigenvalue weighted by Crippen LogP contribution is -2.36. The van der Waals surface area contributed by atoms with Gasteiger partial charge in [-0.2, -0.15) is 0 Å². The molecule has 1 aliphatic heterocycles. The Morgan fingerprint density at radius 2 is 2.35 bits per heavy atom. The number of nitrogens with zero attached hydrogens (tertiary/aromatic N) is 1. The fraction of sp³-hybridized carbons (Fsp3) is 0.688. The predicted molar refractivity (Wildman–Crippen MR) is 77.2 cm³/mol. The fourth-order valence-corrected chi connectivity index (χ4v) is 2.56. The molecule has 1 atom stereocenters. The second-order valence-electron chi connectivity index (χ2n) is 5.45. The molecular weight excluding hydrogens is 254 g/mol. The second kappa shape index (κ2) is 8.10. The van der Waals surface area contributed by atoms with Crippen LogP contribution < -0.4 is 0 Å². The molecule has 4 heteroatoms. The average molecular weight is 279 g/mol. The van der Waals surface area contributed by atoms with Gasteiger partial charge in [0, 0.05) is 19.6 Å². The average Bonchev–Trinajstić information content (AvgIpc) is 3.11. The Bertz CT molecular complexity index is 382. The molecular formula is C16H25NO3. The summed E-state index contributed by atoms with van der Waals surface area (Å²) in [6.07, 6.45) is 7.84. The Kier molecular flexibility index (Phi) is 6.12. The van der Waals surface area contributed by atoms with Crippen LogP contribution in [0.15, 0.2) is 22.8 Å². The highest BCUT2D eigenvalue weighted by atomic mass is 16.5. The van der Waals surface area contributed by atoms with Crippen LogP contribution in [0.1, 0.15) is 51.2 Å². The predicted octanol–water partition coefficient (Wildman–Crippen LogP) is 3.37. The second-order valence-corrected chi connectivity index (χ2v) is 5.45. The number of hydrogen-bond acceptors (Lipinski definition) is 3. The van der Waals surface area contributed by atoms with Crippen molar-refractivity contribution in [3.8, 4) is 0 Å². The molecule has 20 heavy (non-hydrogen) atoms. The first-order valence-corrected chi connectivity index (χ1v) is 7.71. The van der Waals surface area contributed by atoms with E-state index in [4.69, 9.17) is 9.15 Å². The third kappa shape index (κ3) is 4.67. The number of carbonyl (C=O) groups excluding carboxylic acids is 1. The van der Waals surface area contributed by atoms with Crippen LogP contribution in [-0.4, -0.2) is 30.1 Å². The molecule has 1 aromatic heterocycles. The van der Waals surface area contributed by atoms with Gasteiger partial charge in [-0.15, -0.1) is 0 Å². The summed E-state index contributed by atoms with van der Waals surface area (Å²) in [5, 5.41) is 0. The fourth-order valence-electron chi connectivity index (χ4n) is 2.56. The van der Waals surface area contributed by atoms with E-state index in [1.807, 2.05) is 17.0 Å². The highest BCUT2D eigenvalue weighted by Gasteiger charge is 2.23. The van der Waals surface area contributed by atoms with Crippen LogP contribution in [0.4, 0.5) is 0 Å². The van der Waals surface area contributed by atoms with E-state index in [1.165, 1.54) is 0 Å². The van der Waals surface area contributed by atoms with E-state index < -0.39 is 0 Å². The van der Waals surface area contributed by atoms with Crippen molar-refractivity contribution in [2.45, 2.75) is 58.1 Å². The Labute approximate surface area is 121 Å². The van der Waals surface area contributed by atoms with E-state index in [-0.39, 0.29) is 12.0 Å². The van der Waals surface area contributed by atoms with E-state index in [2.05, 4.69) is 6.92 Å². The van der Waals surface area contributed by atoms with Gasteiger partial charge >= 0.3 is 0 Å². The van der Waals surface area contributed by atoms with E-state index in [0.717, 1.165) is 44.5 Å². The van der Waals surface area contributed by atoms with Crippen molar-refractivity contribution in [2.75, 3.05) is 13.2 Å². The first kappa shape index (κ1) is 15.1. The lowest BCUT2D eigenvalue weighted by molar-refractivity contribution is -0.133. The topological polar surface area (TPSA) is 42.7 Å². The number of amides is 1. The first-order chi connectivity index (χ1) is 9.79. The minimum absolute atomic E-state index is 0.195. The van der Waals surface area contributed by atoms with Gasteiger partial charge in [0.1, 0.15) is 5.76 Å². The van der Waals surface area contributed by atoms with Gasteiger partial charge in [0.05, 0.1) is 18.9 Å². The molecule has 0 aliphatic carbocycles. The number of unbranched alkanes of at least 4 members (excludes halogenated alkanes) is 2. The molecule has 0 bridgehead atoms. The Balaban J connectivity index is 1.89. The molecule has 1 unspecified atom stereocenters. The molecule has 0 saturated carbocycles. The molecule has 1 aromatic rings. The highest BCUT2D eigenvalue weighted by Crippen LogP contribution is 2.16. The van der Waals surface area contributed by atoms with E-state index in [9.17, 15) is 4.79 Å². The Morgan fingerprint density at radius 3 is 3.00 bits per heavy atom. The minimum atomic E-state index is 0.195. The van der Waals surface area contributed by atoms with Gasteiger partial charge in [0.2, 0.25) is 5.91 Å². The molecule has 0 radical (unpaired) electrons. The molecule has 0 aromatic carbocycles. The van der Waals surface area contributed by atoms with Crippen LogP contribution in [0.3, 0.4) is 0 Å². The minimum Gasteiger partial charge on any atom is -0.467 e. The molecule has 0 N–H and O–H groups in total. The van der Waals surface area contributed by atoms with Crippen molar-refractivity contribution in [3.05, 3.63) is 24.2 Å². The molecule has 2 heterocycles. The number of furan rings is 1. The third-order valence-electron chi connectivity index (χ3n) is 3.72. The van der Waals surface area contributed by atoms with Crippen LogP contribution in [-0.2, 0) is 16.1 Å². The molecule has 2 rings (SSSR count). The van der Waals surface area contributed by atoms with Gasteiger partial charge in [-0.25, -0.2) is 0 Å². The number of carbonyl (C=O) groups is 1. The van der Waals surface area contributed by atoms with Crippen molar-refractivity contribution in [3.63, 3.8) is 0 Å². The van der Waals surface area contributed by atoms with Crippen LogP contribution >= 0.6 is 0 Å². The number of rotatable bonds is 8. The molecule has 112 valence electrons. The van der Waals surface area contributed by atoms with Gasteiger partial charge in [-0.1, -0.05) is 19.8 Å². The van der Waals surface area contributed by atoms with Crippen LogP contribution in [0.5, 0.6) is 0 Å². The smallest absolute Gasteiger partial charge is 0.223 e. The largest absolute Gasteiger partial charge is 0.467 e. The zero-order valence-electron chi connectivity index (χ0n) is 12.3. The maximum atomic E-state index is 12.4. The molecule has 1 amide bonds. The zero-order valence-corrected chi connectivity index (χ0v) is 12.3. The Hall–Kier alpha value is -1.29. The van der Waals surface area contributed by atoms with Gasteiger partial charge in [0.25, 0.3) is 0 Å². The number of hydrogen-bond donors (Lipinski definition) is 0. The standard InChI is InChI=1S/C16H25NO3/c1-2-3-4-9-16(18)17(12-14-7-5-10-19-14)13-15-8-6-11-20-15/h5,7,10,15H,2-4,6,8-9,11-13H2,1H3. The summed E-state index contributed by atoms with van der Waals surface area (Å²) in [4.78, 5) is 14.3. The van der Waals surface area contributed by atoms with Gasteiger partial charge in [0.15, 0.2) is 0 Å². The van der Waals surface area contributed by atoms with Gasteiger partial charge in [-0.05, 0) is 31.4 Å². The van der Waals surface area contributed by atoms with Crippen molar-refractivity contribution >= 4 is 5.91 Å². The summed E-state index contributed by atoms with van der Waals surface area (Å²) in [6, 6.07) is 3.78. The normalized spacial score (nSPS) is 18.4. The lowest BCUT2D eigenvalue weighted by atomic mass is 10.1. The molecule has 1 aliphatic rings. The van der Waals surface area contributed by atoms with Crippen molar-refractivity contribution in [1.82, 2.24) is 4.90 Å². The maximum Gasteiger partial charge on any atom is 0.223 e. The summed E-state index contributed by atoms with van der Waals surface area (Å²) in [5.74, 6) is 1.05. The summed E-state index contributed by atoms with van der Waals surface area (Å²) in [6.45, 7) is 4.21. The van der Waals surface area contributed by atoms with Crippen molar-refractivity contribution in [2.24, 2.45) is 0 Å². The van der Waals surface area contributed by atoms with Crippen LogP contribution in [0.2, 0.25) is 0 Å². The van der Waals surface area contributed by atoms with Crippen LogP contribution in [0, 0.1) is 0 Å². The zero-order chi connectivity index (χ0) is 14.2. The number of ether oxygens (including phenoxy) is 1. The van der Waals surface area contributed by atoms with Gasteiger partial charge in [-0.3, -0.25) is 4.79 Å². The quantitative estimate of drug-likeness (QED) is 0.685. The molecule has 1 saturated heterocycles. The first-order valence-electron chi connectivity index (χ1n) is 7.71. The lowest BCUT2D eigenvalue weighted by Gasteiger charge is -2.24. The third-order valence-corrected chi connectivity index (χ3v) is 3.72. The molecule has 0 spiro atoms. The Morgan fingerprint density at radius 1 is 1.45 bits per heavy atom. The molecule has 4 nitrogen and oxygen atoms in total. The van der Waals surface area contributed by atoms with Gasteiger partial charge < -0.3 is 14.1 Å². The van der Waals surface area contributed by atoms with E-state index in [1.54, 1.807) is 6.26 Å². The SMILES string of the molecule is CCCCCC(=O)N(Cc1ccco1)CC1CCCO1. The van der Waals surface area contributed by atoms with Crippen molar-refractivity contribution < 1.29 is 13.9 Å². The summed E-state index contributed by atoms with van der Waals surface area (Å²) in [7, 11) is 0. The molecule has 1 fully saturated rings. The highest BCUT2D eigenvalue weighted by molar-refractivity contribution is 5.76. The van der Waals surface area contributed by atoms with Crippen LogP contribution in [0.25, 0.3) is 0 Å². The van der Waals surface area contributed by atoms with Crippen molar-refractivity contribution in [1.29, 1.82) is 0 Å². The van der Waals surface area contributed by atoms with E-state index >= 15 is 0 Å². The maximum absolute atomic E-state index is 12.4. The summed E-state index contributed by atoms with van der Waals surface area (Å²) >= 11 is 0. The van der Waals surface area contributed by atoms with E-state index in [0.29, 0.717) is 19.5 Å².